The van der Waals surface area contributed by atoms with Gasteiger partial charge in [-0.05, 0) is 25.5 Å². The third-order valence-electron chi connectivity index (χ3n) is 4.42. The Balaban J connectivity index is 0.00000280. The van der Waals surface area contributed by atoms with Crippen molar-refractivity contribution >= 4 is 35.8 Å². The van der Waals surface area contributed by atoms with Crippen LogP contribution in [0.3, 0.4) is 0 Å². The lowest BCUT2D eigenvalue weighted by atomic mass is 10.1. The highest BCUT2D eigenvalue weighted by molar-refractivity contribution is 14.0. The van der Waals surface area contributed by atoms with Crippen molar-refractivity contribution in [2.24, 2.45) is 4.99 Å². The molecule has 0 aromatic carbocycles. The number of likely N-dealkylation sites (N-methyl/N-ethyl adjacent to an activating group) is 1. The Kier molecular flexibility index (Phi) is 8.27. The third kappa shape index (κ3) is 6.21. The maximum Gasteiger partial charge on any atom is 0.243 e. The molecule has 154 valence electrons. The van der Waals surface area contributed by atoms with Gasteiger partial charge in [0, 0.05) is 39.5 Å². The number of nitrogens with one attached hydrogen (secondary N) is 2. The van der Waals surface area contributed by atoms with Crippen LogP contribution in [0.2, 0.25) is 0 Å². The zero-order chi connectivity index (χ0) is 19.2. The second-order valence-corrected chi connectivity index (χ2v) is 6.85. The Hall–Kier alpha value is -2.11. The van der Waals surface area contributed by atoms with Crippen LogP contribution in [0.4, 0.5) is 0 Å². The summed E-state index contributed by atoms with van der Waals surface area (Å²) in [6.07, 6.45) is 4.22. The molecule has 0 spiro atoms. The summed E-state index contributed by atoms with van der Waals surface area (Å²) in [5, 5.41) is 11.2. The first kappa shape index (κ1) is 22.2. The molecule has 1 aliphatic rings. The van der Waals surface area contributed by atoms with Gasteiger partial charge in [0.2, 0.25) is 5.91 Å². The second-order valence-electron chi connectivity index (χ2n) is 6.85. The number of furan rings is 1. The fraction of sp³-hybridized carbons (Fsp3) is 0.556. The highest BCUT2D eigenvalue weighted by Gasteiger charge is 2.21. The number of carbonyl (C=O) groups excluding carboxylic acids is 1. The van der Waals surface area contributed by atoms with Crippen molar-refractivity contribution in [2.75, 3.05) is 27.2 Å². The molecule has 0 bridgehead atoms. The molecule has 1 amide bonds. The van der Waals surface area contributed by atoms with Crippen LogP contribution in [0.25, 0.3) is 0 Å². The van der Waals surface area contributed by atoms with Crippen molar-refractivity contribution in [1.29, 1.82) is 0 Å². The van der Waals surface area contributed by atoms with E-state index in [0.29, 0.717) is 12.5 Å². The van der Waals surface area contributed by atoms with E-state index in [9.17, 15) is 4.79 Å². The zero-order valence-electron chi connectivity index (χ0n) is 16.5. The van der Waals surface area contributed by atoms with Crippen molar-refractivity contribution in [3.63, 3.8) is 0 Å². The molecule has 10 heteroatoms. The van der Waals surface area contributed by atoms with Gasteiger partial charge in [-0.3, -0.25) is 4.79 Å². The minimum absolute atomic E-state index is 0. The number of nitrogens with zero attached hydrogens (tertiary/aromatic N) is 5. The van der Waals surface area contributed by atoms with E-state index < -0.39 is 0 Å². The highest BCUT2D eigenvalue weighted by atomic mass is 127. The number of rotatable bonds is 6. The number of guanidine groups is 1. The Bertz CT molecular complexity index is 786. The van der Waals surface area contributed by atoms with Crippen LogP contribution in [-0.4, -0.2) is 64.8 Å². The van der Waals surface area contributed by atoms with Crippen LogP contribution in [0.5, 0.6) is 0 Å². The molecule has 0 aliphatic carbocycles. The predicted octanol–water partition coefficient (Wildman–Crippen LogP) is 0.978. The smallest absolute Gasteiger partial charge is 0.243 e. The quantitative estimate of drug-likeness (QED) is 0.348. The Morgan fingerprint density at radius 3 is 3.00 bits per heavy atom. The number of aliphatic imine (C=N–C) groups is 1. The van der Waals surface area contributed by atoms with Crippen molar-refractivity contribution in [1.82, 2.24) is 30.3 Å². The summed E-state index contributed by atoms with van der Waals surface area (Å²) in [6, 6.07) is 4.00. The lowest BCUT2D eigenvalue weighted by Crippen LogP contribution is -2.48. The van der Waals surface area contributed by atoms with Gasteiger partial charge in [-0.1, -0.05) is 0 Å². The minimum Gasteiger partial charge on any atom is -0.469 e. The van der Waals surface area contributed by atoms with Gasteiger partial charge < -0.3 is 20.0 Å². The second kappa shape index (κ2) is 10.4. The number of aromatic nitrogens is 3. The molecule has 0 radical (unpaired) electrons. The summed E-state index contributed by atoms with van der Waals surface area (Å²) >= 11 is 0. The molecule has 9 nitrogen and oxygen atoms in total. The minimum atomic E-state index is -0.0417. The first-order valence-corrected chi connectivity index (χ1v) is 9.19. The van der Waals surface area contributed by atoms with Crippen LogP contribution in [-0.2, 0) is 24.2 Å². The number of aryl methyl sites for hydroxylation is 2. The molecule has 0 saturated carbocycles. The summed E-state index contributed by atoms with van der Waals surface area (Å²) in [5.74, 6) is 3.32. The lowest BCUT2D eigenvalue weighted by Gasteiger charge is -2.25. The molecule has 2 N–H and O–H groups in total. The van der Waals surface area contributed by atoms with Gasteiger partial charge >= 0.3 is 0 Å². The van der Waals surface area contributed by atoms with Gasteiger partial charge in [0.25, 0.3) is 0 Å². The van der Waals surface area contributed by atoms with E-state index in [2.05, 4.69) is 25.7 Å². The van der Waals surface area contributed by atoms with E-state index >= 15 is 0 Å². The van der Waals surface area contributed by atoms with E-state index in [-0.39, 0.29) is 42.5 Å². The number of amides is 1. The molecule has 0 fully saturated rings. The van der Waals surface area contributed by atoms with E-state index in [1.54, 1.807) is 20.4 Å². The molecule has 0 saturated heterocycles. The molecule has 1 unspecified atom stereocenters. The standard InChI is InChI=1S/C18H27N7O2.HI/c1-13-21-16-7-6-14(12-25(16)23-13)22-18(20-11-17(26)24(2)3)19-9-8-15-5-4-10-27-15;/h4-5,10,14H,6-9,11-12H2,1-3H3,(H2,19,20,22);1H. The van der Waals surface area contributed by atoms with Crippen LogP contribution < -0.4 is 10.6 Å². The fourth-order valence-corrected chi connectivity index (χ4v) is 2.94. The van der Waals surface area contributed by atoms with Gasteiger partial charge in [0.15, 0.2) is 5.96 Å². The molecule has 1 aliphatic heterocycles. The molecule has 28 heavy (non-hydrogen) atoms. The molecule has 3 heterocycles. The molecule has 2 aromatic heterocycles. The van der Waals surface area contributed by atoms with E-state index in [4.69, 9.17) is 4.42 Å². The lowest BCUT2D eigenvalue weighted by molar-refractivity contribution is -0.127. The largest absolute Gasteiger partial charge is 0.469 e. The third-order valence-corrected chi connectivity index (χ3v) is 4.42. The number of halogens is 1. The van der Waals surface area contributed by atoms with Crippen molar-refractivity contribution in [3.05, 3.63) is 35.8 Å². The Morgan fingerprint density at radius 2 is 2.29 bits per heavy atom. The van der Waals surface area contributed by atoms with Crippen LogP contribution in [0, 0.1) is 6.92 Å². The maximum absolute atomic E-state index is 11.9. The monoisotopic (exact) mass is 501 g/mol. The van der Waals surface area contributed by atoms with Crippen molar-refractivity contribution < 1.29 is 9.21 Å². The van der Waals surface area contributed by atoms with E-state index in [0.717, 1.165) is 43.2 Å². The Morgan fingerprint density at radius 1 is 1.46 bits per heavy atom. The van der Waals surface area contributed by atoms with Crippen molar-refractivity contribution in [2.45, 2.75) is 38.8 Å². The fourth-order valence-electron chi connectivity index (χ4n) is 2.94. The van der Waals surface area contributed by atoms with Crippen LogP contribution >= 0.6 is 24.0 Å². The molecule has 2 aromatic rings. The first-order chi connectivity index (χ1) is 13.0. The number of carbonyl (C=O) groups is 1. The summed E-state index contributed by atoms with van der Waals surface area (Å²) in [5.41, 5.74) is 0. The molecular formula is C18H28IN7O2. The van der Waals surface area contributed by atoms with Gasteiger partial charge in [-0.25, -0.2) is 14.7 Å². The Labute approximate surface area is 182 Å². The number of hydrogen-bond donors (Lipinski definition) is 2. The maximum atomic E-state index is 11.9. The van der Waals surface area contributed by atoms with Gasteiger partial charge in [-0.2, -0.15) is 5.10 Å². The molecule has 3 rings (SSSR count). The summed E-state index contributed by atoms with van der Waals surface area (Å²) in [4.78, 5) is 22.3. The van der Waals surface area contributed by atoms with Crippen molar-refractivity contribution in [3.8, 4) is 0 Å². The van der Waals surface area contributed by atoms with Gasteiger partial charge in [0.05, 0.1) is 12.8 Å². The summed E-state index contributed by atoms with van der Waals surface area (Å²) in [7, 11) is 3.45. The average molecular weight is 501 g/mol. The summed E-state index contributed by atoms with van der Waals surface area (Å²) in [6.45, 7) is 3.40. The zero-order valence-corrected chi connectivity index (χ0v) is 18.8. The SMILES string of the molecule is Cc1nc2n(n1)CC(NC(=NCC(=O)N(C)C)NCCc1ccco1)CC2.I. The summed E-state index contributed by atoms with van der Waals surface area (Å²) < 4.78 is 7.30. The predicted molar refractivity (Wildman–Crippen MR) is 117 cm³/mol. The van der Waals surface area contributed by atoms with Gasteiger partial charge in [-0.15, -0.1) is 24.0 Å². The first-order valence-electron chi connectivity index (χ1n) is 9.19. The van der Waals surface area contributed by atoms with Crippen LogP contribution in [0.15, 0.2) is 27.8 Å². The molecule has 1 atom stereocenters. The van der Waals surface area contributed by atoms with Gasteiger partial charge in [0.1, 0.15) is 24.0 Å². The number of hydrogen-bond acceptors (Lipinski definition) is 5. The van der Waals surface area contributed by atoms with E-state index in [1.165, 1.54) is 4.90 Å². The van der Waals surface area contributed by atoms with E-state index in [1.807, 2.05) is 23.7 Å². The normalized spacial score (nSPS) is 16.1. The highest BCUT2D eigenvalue weighted by Crippen LogP contribution is 2.12. The average Bonchev–Trinajstić information content (AvgIpc) is 3.27. The molecular weight excluding hydrogens is 473 g/mol. The topological polar surface area (TPSA) is 101 Å². The number of fused-ring (bicyclic) bond motifs is 1. The van der Waals surface area contributed by atoms with Crippen LogP contribution in [0.1, 0.15) is 23.8 Å².